The molecule has 0 atom stereocenters. The lowest BCUT2D eigenvalue weighted by Crippen LogP contribution is -2.21. The van der Waals surface area contributed by atoms with Crippen LogP contribution in [0.25, 0.3) is 0 Å². The summed E-state index contributed by atoms with van der Waals surface area (Å²) in [5.74, 6) is 0.302. The summed E-state index contributed by atoms with van der Waals surface area (Å²) in [6, 6.07) is 4.75. The van der Waals surface area contributed by atoms with Gasteiger partial charge in [0.15, 0.2) is 5.13 Å². The second-order valence-corrected chi connectivity index (χ2v) is 5.43. The fourth-order valence-electron chi connectivity index (χ4n) is 1.53. The average Bonchev–Trinajstić information content (AvgIpc) is 2.79. The summed E-state index contributed by atoms with van der Waals surface area (Å²) in [4.78, 5) is 33.9. The number of nitrogens with one attached hydrogen (secondary N) is 2. The normalized spacial score (nSPS) is 10.0. The van der Waals surface area contributed by atoms with E-state index in [2.05, 4.69) is 20.6 Å². The number of pyridine rings is 1. The second-order valence-electron chi connectivity index (χ2n) is 4.43. The standard InChI is InChI=1S/C13H15N5O2S/c1-8-10(11(19)18(2)3)21-13(15-8)17-12(20)16-9-6-4-5-7-14-9/h4-7H,1-3H3,(H2,14,15,16,17,20). The second kappa shape index (κ2) is 6.31. The Balaban J connectivity index is 2.05. The van der Waals surface area contributed by atoms with E-state index in [0.717, 1.165) is 11.3 Å². The molecule has 0 saturated carbocycles. The van der Waals surface area contributed by atoms with E-state index in [1.807, 2.05) is 0 Å². The summed E-state index contributed by atoms with van der Waals surface area (Å²) in [5.41, 5.74) is 0.590. The topological polar surface area (TPSA) is 87.2 Å². The molecule has 0 aliphatic heterocycles. The summed E-state index contributed by atoms with van der Waals surface area (Å²) >= 11 is 1.14. The van der Waals surface area contributed by atoms with Gasteiger partial charge in [-0.25, -0.2) is 14.8 Å². The molecule has 0 aromatic carbocycles. The first-order valence-electron chi connectivity index (χ1n) is 6.15. The van der Waals surface area contributed by atoms with Crippen LogP contribution < -0.4 is 10.6 Å². The Bertz CT molecular complexity index is 654. The van der Waals surface area contributed by atoms with Crippen molar-refractivity contribution in [2.24, 2.45) is 0 Å². The molecule has 2 aromatic heterocycles. The summed E-state index contributed by atoms with van der Waals surface area (Å²) < 4.78 is 0. The van der Waals surface area contributed by atoms with E-state index in [1.54, 1.807) is 45.4 Å². The highest BCUT2D eigenvalue weighted by Crippen LogP contribution is 2.23. The number of anilines is 2. The maximum Gasteiger partial charge on any atom is 0.326 e. The van der Waals surface area contributed by atoms with E-state index in [-0.39, 0.29) is 5.91 Å². The molecule has 7 nitrogen and oxygen atoms in total. The number of thiazole rings is 1. The van der Waals surface area contributed by atoms with Crippen molar-refractivity contribution >= 4 is 34.2 Å². The predicted octanol–water partition coefficient (Wildman–Crippen LogP) is 2.19. The molecule has 0 unspecified atom stereocenters. The molecule has 0 saturated heterocycles. The molecule has 0 aliphatic rings. The van der Waals surface area contributed by atoms with Gasteiger partial charge in [0.25, 0.3) is 5.91 Å². The highest BCUT2D eigenvalue weighted by Gasteiger charge is 2.17. The minimum atomic E-state index is -0.452. The van der Waals surface area contributed by atoms with E-state index in [4.69, 9.17) is 0 Å². The van der Waals surface area contributed by atoms with Crippen molar-refractivity contribution in [3.8, 4) is 0 Å². The molecule has 21 heavy (non-hydrogen) atoms. The smallest absolute Gasteiger partial charge is 0.326 e. The Morgan fingerprint density at radius 2 is 2.00 bits per heavy atom. The van der Waals surface area contributed by atoms with Gasteiger partial charge >= 0.3 is 6.03 Å². The molecule has 2 rings (SSSR count). The Morgan fingerprint density at radius 3 is 2.62 bits per heavy atom. The van der Waals surface area contributed by atoms with Crippen molar-refractivity contribution in [1.29, 1.82) is 0 Å². The van der Waals surface area contributed by atoms with E-state index >= 15 is 0 Å². The number of hydrogen-bond acceptors (Lipinski definition) is 5. The van der Waals surface area contributed by atoms with E-state index in [0.29, 0.717) is 21.5 Å². The van der Waals surface area contributed by atoms with Crippen LogP contribution in [0.1, 0.15) is 15.4 Å². The summed E-state index contributed by atoms with van der Waals surface area (Å²) in [6.07, 6.45) is 1.58. The molecule has 0 aliphatic carbocycles. The number of rotatable bonds is 3. The fourth-order valence-corrected chi connectivity index (χ4v) is 2.52. The number of urea groups is 1. The summed E-state index contributed by atoms with van der Waals surface area (Å²) in [5, 5.41) is 5.54. The number of carbonyl (C=O) groups is 2. The van der Waals surface area contributed by atoms with Crippen LogP contribution in [-0.4, -0.2) is 40.9 Å². The largest absolute Gasteiger partial charge is 0.344 e. The number of amides is 3. The highest BCUT2D eigenvalue weighted by molar-refractivity contribution is 7.17. The van der Waals surface area contributed by atoms with Crippen LogP contribution in [0.5, 0.6) is 0 Å². The zero-order valence-electron chi connectivity index (χ0n) is 11.9. The predicted molar refractivity (Wildman–Crippen MR) is 81.7 cm³/mol. The molecule has 110 valence electrons. The molecule has 2 heterocycles. The number of nitrogens with zero attached hydrogens (tertiary/aromatic N) is 3. The van der Waals surface area contributed by atoms with E-state index in [9.17, 15) is 9.59 Å². The van der Waals surface area contributed by atoms with Gasteiger partial charge in [-0.1, -0.05) is 17.4 Å². The number of hydrogen-bond donors (Lipinski definition) is 2. The molecule has 2 aromatic rings. The molecular formula is C13H15N5O2S. The van der Waals surface area contributed by atoms with Crippen LogP contribution in [0, 0.1) is 6.92 Å². The lowest BCUT2D eigenvalue weighted by Gasteiger charge is -2.07. The van der Waals surface area contributed by atoms with Crippen LogP contribution in [0.2, 0.25) is 0 Å². The van der Waals surface area contributed by atoms with Gasteiger partial charge in [-0.15, -0.1) is 0 Å². The molecule has 3 amide bonds. The highest BCUT2D eigenvalue weighted by atomic mass is 32.1. The van der Waals surface area contributed by atoms with Gasteiger partial charge in [0.2, 0.25) is 0 Å². The first kappa shape index (κ1) is 14.9. The van der Waals surface area contributed by atoms with Gasteiger partial charge < -0.3 is 4.90 Å². The first-order chi connectivity index (χ1) is 9.97. The number of aryl methyl sites for hydroxylation is 1. The lowest BCUT2D eigenvalue weighted by atomic mass is 10.3. The SMILES string of the molecule is Cc1nc(NC(=O)Nc2ccccn2)sc1C(=O)N(C)C. The lowest BCUT2D eigenvalue weighted by molar-refractivity contribution is 0.0831. The van der Waals surface area contributed by atoms with Crippen molar-refractivity contribution in [2.45, 2.75) is 6.92 Å². The number of aromatic nitrogens is 2. The third-order valence-corrected chi connectivity index (χ3v) is 3.58. The van der Waals surface area contributed by atoms with Crippen LogP contribution in [-0.2, 0) is 0 Å². The Hall–Kier alpha value is -2.48. The quantitative estimate of drug-likeness (QED) is 0.910. The number of carbonyl (C=O) groups excluding carboxylic acids is 2. The van der Waals surface area contributed by atoms with Gasteiger partial charge in [-0.3, -0.25) is 15.4 Å². The van der Waals surface area contributed by atoms with Gasteiger partial charge in [0, 0.05) is 20.3 Å². The first-order valence-corrected chi connectivity index (χ1v) is 6.97. The fraction of sp³-hybridized carbons (Fsp3) is 0.231. The maximum absolute atomic E-state index is 11.9. The zero-order chi connectivity index (χ0) is 15.4. The Kier molecular flexibility index (Phi) is 4.49. The molecule has 0 bridgehead atoms. The third kappa shape index (κ3) is 3.76. The van der Waals surface area contributed by atoms with Crippen molar-refractivity contribution in [2.75, 3.05) is 24.7 Å². The van der Waals surface area contributed by atoms with Crippen LogP contribution >= 0.6 is 11.3 Å². The zero-order valence-corrected chi connectivity index (χ0v) is 12.7. The van der Waals surface area contributed by atoms with Gasteiger partial charge in [0.1, 0.15) is 10.7 Å². The Labute approximate surface area is 126 Å². The summed E-state index contributed by atoms with van der Waals surface area (Å²) in [6.45, 7) is 1.73. The van der Waals surface area contributed by atoms with Gasteiger partial charge in [-0.2, -0.15) is 0 Å². The third-order valence-electron chi connectivity index (χ3n) is 2.52. The Morgan fingerprint density at radius 1 is 1.24 bits per heavy atom. The van der Waals surface area contributed by atoms with Crippen molar-refractivity contribution < 1.29 is 9.59 Å². The van der Waals surface area contributed by atoms with Crippen molar-refractivity contribution in [3.05, 3.63) is 35.0 Å². The molecule has 0 spiro atoms. The average molecular weight is 305 g/mol. The van der Waals surface area contributed by atoms with Gasteiger partial charge in [-0.05, 0) is 19.1 Å². The van der Waals surface area contributed by atoms with E-state index < -0.39 is 6.03 Å². The van der Waals surface area contributed by atoms with E-state index in [1.165, 1.54) is 4.90 Å². The van der Waals surface area contributed by atoms with Crippen molar-refractivity contribution in [3.63, 3.8) is 0 Å². The monoisotopic (exact) mass is 305 g/mol. The maximum atomic E-state index is 11.9. The molecule has 0 radical (unpaired) electrons. The molecule has 8 heteroatoms. The molecule has 2 N–H and O–H groups in total. The minimum Gasteiger partial charge on any atom is -0.344 e. The van der Waals surface area contributed by atoms with Crippen LogP contribution in [0.4, 0.5) is 15.7 Å². The van der Waals surface area contributed by atoms with Crippen molar-refractivity contribution in [1.82, 2.24) is 14.9 Å². The van der Waals surface area contributed by atoms with Crippen LogP contribution in [0.15, 0.2) is 24.4 Å². The molecular weight excluding hydrogens is 290 g/mol. The summed E-state index contributed by atoms with van der Waals surface area (Å²) in [7, 11) is 3.34. The molecule has 0 fully saturated rings. The van der Waals surface area contributed by atoms with Crippen LogP contribution in [0.3, 0.4) is 0 Å². The minimum absolute atomic E-state index is 0.136. The van der Waals surface area contributed by atoms with Gasteiger partial charge in [0.05, 0.1) is 5.69 Å².